The van der Waals surface area contributed by atoms with Gasteiger partial charge in [0, 0.05) is 12.0 Å². The van der Waals surface area contributed by atoms with Gasteiger partial charge in [-0.1, -0.05) is 97.1 Å². The van der Waals surface area contributed by atoms with Gasteiger partial charge in [-0.15, -0.1) is 0 Å². The van der Waals surface area contributed by atoms with Crippen molar-refractivity contribution in [2.24, 2.45) is 0 Å². The lowest BCUT2D eigenvalue weighted by molar-refractivity contribution is -0.252. The van der Waals surface area contributed by atoms with Gasteiger partial charge in [0.2, 0.25) is 0 Å². The van der Waals surface area contributed by atoms with Crippen molar-refractivity contribution in [3.05, 3.63) is 161 Å². The van der Waals surface area contributed by atoms with Crippen LogP contribution in [0.15, 0.2) is 128 Å². The van der Waals surface area contributed by atoms with Crippen molar-refractivity contribution in [3.63, 3.8) is 0 Å². The Bertz CT molecular complexity index is 2090. The van der Waals surface area contributed by atoms with Crippen LogP contribution in [0.2, 0.25) is 0 Å². The molecule has 8 heteroatoms. The number of imidazole rings is 1. The molecule has 1 N–H and O–H groups in total. The van der Waals surface area contributed by atoms with Crippen LogP contribution in [-0.2, 0) is 29.2 Å². The third-order valence-electron chi connectivity index (χ3n) is 9.26. The molecule has 1 fully saturated rings. The molecule has 3 heterocycles. The average molecular weight is 636 g/mol. The number of ether oxygens (including phenoxy) is 2. The van der Waals surface area contributed by atoms with Gasteiger partial charge in [0.05, 0.1) is 60.4 Å². The molecule has 0 saturated carbocycles. The van der Waals surface area contributed by atoms with Crippen LogP contribution in [0, 0.1) is 0 Å². The molecular formula is C40H33N3O5. The van der Waals surface area contributed by atoms with Crippen LogP contribution in [0.25, 0.3) is 22.2 Å². The number of aromatic nitrogens is 2. The van der Waals surface area contributed by atoms with E-state index in [-0.39, 0.29) is 37.2 Å². The fourth-order valence-corrected chi connectivity index (χ4v) is 6.72. The number of para-hydroxylation sites is 2. The highest BCUT2D eigenvalue weighted by Crippen LogP contribution is 2.39. The monoisotopic (exact) mass is 635 g/mol. The van der Waals surface area contributed by atoms with Gasteiger partial charge >= 0.3 is 0 Å². The summed E-state index contributed by atoms with van der Waals surface area (Å²) in [5.41, 5.74) is 8.42. The summed E-state index contributed by atoms with van der Waals surface area (Å²) in [6.45, 7) is 0.789. The molecule has 5 aromatic carbocycles. The van der Waals surface area contributed by atoms with Gasteiger partial charge in [0.15, 0.2) is 6.29 Å². The summed E-state index contributed by atoms with van der Waals surface area (Å²) < 4.78 is 15.3. The molecule has 2 aliphatic heterocycles. The number of imide groups is 1. The Morgan fingerprint density at radius 1 is 0.708 bits per heavy atom. The number of benzene rings is 5. The Morgan fingerprint density at radius 2 is 1.35 bits per heavy atom. The molecular weight excluding hydrogens is 602 g/mol. The minimum atomic E-state index is -0.608. The molecule has 1 saturated heterocycles. The smallest absolute Gasteiger partial charge is 0.261 e. The van der Waals surface area contributed by atoms with Crippen molar-refractivity contribution in [3.8, 4) is 11.1 Å². The van der Waals surface area contributed by atoms with Gasteiger partial charge in [-0.25, -0.2) is 4.98 Å². The highest BCUT2D eigenvalue weighted by atomic mass is 16.7. The topological polar surface area (TPSA) is 93.9 Å². The van der Waals surface area contributed by atoms with Gasteiger partial charge in [-0.2, -0.15) is 0 Å². The summed E-state index contributed by atoms with van der Waals surface area (Å²) in [5, 5.41) is 9.56. The van der Waals surface area contributed by atoms with Crippen LogP contribution in [0.5, 0.6) is 0 Å². The van der Waals surface area contributed by atoms with E-state index in [2.05, 4.69) is 15.6 Å². The predicted molar refractivity (Wildman–Crippen MR) is 181 cm³/mol. The maximum atomic E-state index is 13.1. The highest BCUT2D eigenvalue weighted by Gasteiger charge is 2.36. The van der Waals surface area contributed by atoms with Crippen molar-refractivity contribution in [2.75, 3.05) is 0 Å². The summed E-state index contributed by atoms with van der Waals surface area (Å²) in [7, 11) is 0. The Labute approximate surface area is 277 Å². The second-order valence-corrected chi connectivity index (χ2v) is 12.3. The quantitative estimate of drug-likeness (QED) is 0.177. The summed E-state index contributed by atoms with van der Waals surface area (Å²) in [4.78, 5) is 32.1. The lowest BCUT2D eigenvalue weighted by Crippen LogP contribution is -2.32. The fraction of sp³-hybridized carbons (Fsp3) is 0.175. The molecule has 238 valence electrons. The molecule has 1 aromatic heterocycles. The lowest BCUT2D eigenvalue weighted by Gasteiger charge is -2.36. The molecule has 0 aliphatic carbocycles. The third kappa shape index (κ3) is 5.60. The second kappa shape index (κ2) is 12.7. The minimum Gasteiger partial charge on any atom is -0.392 e. The largest absolute Gasteiger partial charge is 0.392 e. The second-order valence-electron chi connectivity index (χ2n) is 12.3. The Kier molecular flexibility index (Phi) is 7.90. The van der Waals surface area contributed by atoms with Crippen LogP contribution >= 0.6 is 0 Å². The van der Waals surface area contributed by atoms with Gasteiger partial charge in [-0.3, -0.25) is 14.5 Å². The van der Waals surface area contributed by atoms with E-state index in [0.717, 1.165) is 44.4 Å². The molecule has 3 atom stereocenters. The van der Waals surface area contributed by atoms with Gasteiger partial charge < -0.3 is 19.1 Å². The van der Waals surface area contributed by atoms with Crippen molar-refractivity contribution in [2.45, 2.75) is 44.6 Å². The summed E-state index contributed by atoms with van der Waals surface area (Å²) >= 11 is 0. The van der Waals surface area contributed by atoms with Crippen LogP contribution in [0.4, 0.5) is 0 Å². The number of aliphatic hydroxyl groups excluding tert-OH is 1. The molecule has 8 rings (SSSR count). The Balaban J connectivity index is 1.05. The van der Waals surface area contributed by atoms with E-state index in [0.29, 0.717) is 24.1 Å². The van der Waals surface area contributed by atoms with Gasteiger partial charge in [0.25, 0.3) is 11.8 Å². The number of rotatable bonds is 8. The van der Waals surface area contributed by atoms with E-state index >= 15 is 0 Å². The third-order valence-corrected chi connectivity index (χ3v) is 9.26. The van der Waals surface area contributed by atoms with E-state index in [1.165, 1.54) is 4.90 Å². The molecule has 2 amide bonds. The van der Waals surface area contributed by atoms with E-state index in [4.69, 9.17) is 9.47 Å². The number of fused-ring (bicyclic) bond motifs is 2. The molecule has 0 bridgehead atoms. The van der Waals surface area contributed by atoms with E-state index in [1.54, 1.807) is 24.3 Å². The van der Waals surface area contributed by atoms with Gasteiger partial charge in [0.1, 0.15) is 0 Å². The number of nitrogens with zero attached hydrogens (tertiary/aromatic N) is 3. The van der Waals surface area contributed by atoms with E-state index < -0.39 is 6.29 Å². The number of hydrogen-bond donors (Lipinski definition) is 1. The van der Waals surface area contributed by atoms with E-state index in [1.807, 2.05) is 97.3 Å². The maximum Gasteiger partial charge on any atom is 0.261 e. The summed E-state index contributed by atoms with van der Waals surface area (Å²) in [5.74, 6) is -0.544. The first kappa shape index (κ1) is 30.0. The van der Waals surface area contributed by atoms with Crippen molar-refractivity contribution in [1.82, 2.24) is 14.5 Å². The molecule has 0 unspecified atom stereocenters. The average Bonchev–Trinajstić information content (AvgIpc) is 3.66. The zero-order chi connectivity index (χ0) is 32.6. The van der Waals surface area contributed by atoms with E-state index in [9.17, 15) is 14.7 Å². The van der Waals surface area contributed by atoms with Crippen LogP contribution in [0.1, 0.15) is 61.8 Å². The molecule has 0 radical (unpaired) electrons. The van der Waals surface area contributed by atoms with Crippen molar-refractivity contribution >= 4 is 22.8 Å². The molecule has 0 spiro atoms. The first-order valence-corrected chi connectivity index (χ1v) is 16.1. The first-order chi connectivity index (χ1) is 23.6. The number of hydrogen-bond acceptors (Lipinski definition) is 6. The zero-order valence-electron chi connectivity index (χ0n) is 26.1. The van der Waals surface area contributed by atoms with Crippen LogP contribution < -0.4 is 0 Å². The molecule has 48 heavy (non-hydrogen) atoms. The number of amides is 2. The number of carbonyl (C=O) groups is 2. The van der Waals surface area contributed by atoms with Crippen molar-refractivity contribution in [1.29, 1.82) is 0 Å². The first-order valence-electron chi connectivity index (χ1n) is 16.1. The Hall–Kier alpha value is -5.41. The van der Waals surface area contributed by atoms with Gasteiger partial charge in [-0.05, 0) is 52.1 Å². The predicted octanol–water partition coefficient (Wildman–Crippen LogP) is 7.24. The molecule has 2 aliphatic rings. The maximum absolute atomic E-state index is 13.1. The fourth-order valence-electron chi connectivity index (χ4n) is 6.72. The zero-order valence-corrected chi connectivity index (χ0v) is 26.1. The molecule has 8 nitrogen and oxygen atoms in total. The minimum absolute atomic E-state index is 0.0123. The number of carbonyl (C=O) groups excluding carboxylic acids is 2. The lowest BCUT2D eigenvalue weighted by atomic mass is 9.97. The van der Waals surface area contributed by atoms with Crippen LogP contribution in [0.3, 0.4) is 0 Å². The summed E-state index contributed by atoms with van der Waals surface area (Å²) in [6.07, 6.45) is 1.55. The molecule has 6 aromatic rings. The highest BCUT2D eigenvalue weighted by molar-refractivity contribution is 6.21. The van der Waals surface area contributed by atoms with Crippen molar-refractivity contribution < 1.29 is 24.2 Å². The Morgan fingerprint density at radius 3 is 2.08 bits per heavy atom. The standard InChI is InChI=1S/C40H33N3O5/c44-24-26-13-15-28(16-14-26)37-21-31(23-42-25-41-35-11-5-6-12-36(35)42)47-40(48-37)29-19-17-27(18-20-29)32-8-2-1-7-30(32)22-43-38(45)33-9-3-4-10-34(33)39(43)46/h1-20,25,31,37,40,44H,21-24H2/t31-,37+,40+/m1/s1. The SMILES string of the molecule is O=C1c2ccccc2C(=O)N1Cc1ccccc1-c1ccc([C@H]2O[C@@H](Cn3cnc4ccccc43)C[C@@H](c3ccc(CO)cc3)O2)cc1. The normalized spacial score (nSPS) is 19.2. The summed E-state index contributed by atoms with van der Waals surface area (Å²) in [6, 6.07) is 38.8. The van der Waals surface area contributed by atoms with Crippen LogP contribution in [-0.4, -0.2) is 37.5 Å². The number of aliphatic hydroxyl groups is 1.